The highest BCUT2D eigenvalue weighted by Crippen LogP contribution is 2.33. The molecule has 0 aromatic heterocycles. The fourth-order valence-electron chi connectivity index (χ4n) is 5.49. The number of hydrogen-bond acceptors (Lipinski definition) is 5. The molecule has 0 saturated heterocycles. The van der Waals surface area contributed by atoms with Crippen molar-refractivity contribution in [2.24, 2.45) is 0 Å². The second-order valence-corrected chi connectivity index (χ2v) is 11.1. The van der Waals surface area contributed by atoms with Crippen LogP contribution in [0.15, 0.2) is 109 Å². The zero-order valence-corrected chi connectivity index (χ0v) is 24.9. The Morgan fingerprint density at radius 1 is 0.689 bits per heavy atom. The molecule has 7 nitrogen and oxygen atoms in total. The van der Waals surface area contributed by atoms with Crippen LogP contribution in [-0.4, -0.2) is 35.1 Å². The molecule has 1 aliphatic rings. The number of nitrogens with one attached hydrogen (secondary N) is 1. The molecule has 0 atom stereocenters. The predicted molar refractivity (Wildman–Crippen MR) is 173 cm³/mol. The molecule has 228 valence electrons. The Hall–Kier alpha value is -5.30. The van der Waals surface area contributed by atoms with E-state index in [1.165, 1.54) is 43.0 Å². The number of carbonyl (C=O) groups excluding carboxylic acids is 3. The van der Waals surface area contributed by atoms with Crippen LogP contribution in [0, 0.1) is 0 Å². The van der Waals surface area contributed by atoms with Crippen LogP contribution in [-0.2, 0) is 4.79 Å². The molecule has 0 bridgehead atoms. The number of carboxylic acids is 1. The van der Waals surface area contributed by atoms with Crippen LogP contribution >= 0.6 is 0 Å². The molecule has 2 N–H and O–H groups in total. The number of aliphatic carboxylic acids is 1. The first-order chi connectivity index (χ1) is 21.9. The summed E-state index contributed by atoms with van der Waals surface area (Å²) in [6.45, 7) is 0.0000578. The smallest absolute Gasteiger partial charge is 0.305 e. The minimum absolute atomic E-state index is 0.0000578. The topological polar surface area (TPSA) is 110 Å². The third-order valence-corrected chi connectivity index (χ3v) is 7.97. The van der Waals surface area contributed by atoms with E-state index >= 15 is 0 Å². The Morgan fingerprint density at radius 2 is 1.27 bits per heavy atom. The van der Waals surface area contributed by atoms with Gasteiger partial charge in [0.15, 0.2) is 11.6 Å². The number of para-hydroxylation sites is 1. The van der Waals surface area contributed by atoms with E-state index < -0.39 is 11.9 Å². The quantitative estimate of drug-likeness (QED) is 0.126. The summed E-state index contributed by atoms with van der Waals surface area (Å²) in [6, 6.07) is 30.1. The first-order valence-corrected chi connectivity index (χ1v) is 15.2. The van der Waals surface area contributed by atoms with Crippen molar-refractivity contribution in [3.8, 4) is 11.5 Å². The number of carboxylic acid groups (broad SMARTS) is 1. The summed E-state index contributed by atoms with van der Waals surface area (Å²) in [5.74, 6) is -0.338. The lowest BCUT2D eigenvalue weighted by atomic mass is 9.83. The van der Waals surface area contributed by atoms with Gasteiger partial charge in [-0.1, -0.05) is 73.9 Å². The minimum atomic E-state index is -1.01. The van der Waals surface area contributed by atoms with Crippen molar-refractivity contribution in [2.75, 3.05) is 6.54 Å². The number of ketones is 2. The number of allylic oxidation sites excluding steroid dienone is 2. The molecule has 1 saturated carbocycles. The number of benzene rings is 4. The maximum Gasteiger partial charge on any atom is 0.305 e. The van der Waals surface area contributed by atoms with Gasteiger partial charge in [0.25, 0.3) is 5.91 Å². The summed E-state index contributed by atoms with van der Waals surface area (Å²) in [6.07, 6.45) is 7.19. The van der Waals surface area contributed by atoms with Crippen molar-refractivity contribution in [3.05, 3.63) is 137 Å². The van der Waals surface area contributed by atoms with E-state index in [-0.39, 0.29) is 30.1 Å². The Morgan fingerprint density at radius 3 is 1.91 bits per heavy atom. The van der Waals surface area contributed by atoms with Gasteiger partial charge >= 0.3 is 5.97 Å². The summed E-state index contributed by atoms with van der Waals surface area (Å²) in [5.41, 5.74) is 3.15. The normalized spacial score (nSPS) is 13.6. The van der Waals surface area contributed by atoms with E-state index in [2.05, 4.69) is 17.4 Å². The number of rotatable bonds is 12. The highest BCUT2D eigenvalue weighted by molar-refractivity contribution is 6.32. The zero-order chi connectivity index (χ0) is 31.6. The second-order valence-electron chi connectivity index (χ2n) is 11.1. The Labute approximate surface area is 262 Å². The van der Waals surface area contributed by atoms with Crippen molar-refractivity contribution in [3.63, 3.8) is 0 Å². The van der Waals surface area contributed by atoms with Gasteiger partial charge in [0.1, 0.15) is 11.5 Å². The third kappa shape index (κ3) is 8.42. The molecule has 4 aromatic carbocycles. The van der Waals surface area contributed by atoms with E-state index in [0.717, 1.165) is 12.8 Å². The van der Waals surface area contributed by atoms with Gasteiger partial charge in [0.05, 0.1) is 6.42 Å². The van der Waals surface area contributed by atoms with Crippen LogP contribution in [0.2, 0.25) is 0 Å². The molecule has 5 rings (SSSR count). The SMILES string of the molecule is O=C(O)CCNC(=O)c1ccc(C(=O)/C(=C/C(=O)c2ccc(Oc3ccccc3)cc2)c2ccc(C3CCCCC3)cc2)cc1. The van der Waals surface area contributed by atoms with Gasteiger partial charge in [-0.05, 0) is 84.5 Å². The minimum Gasteiger partial charge on any atom is -0.481 e. The molecular formula is C38H35NO6. The standard InChI is InChI=1S/C38H35NO6/c40-35(29-19-21-33(22-20-29)45-32-9-5-2-6-10-32)25-34(28-13-11-27(12-14-28)26-7-3-1-4-8-26)37(43)30-15-17-31(18-16-30)38(44)39-24-23-36(41)42/h2,5-6,9-22,25-26H,1,3-4,7-8,23-24H2,(H,39,44)(H,41,42)/b34-25+. The highest BCUT2D eigenvalue weighted by Gasteiger charge is 2.20. The molecule has 0 spiro atoms. The number of Topliss-reactive ketones (excluding diaryl/α,β-unsaturated/α-hetero) is 1. The van der Waals surface area contributed by atoms with E-state index in [1.807, 2.05) is 42.5 Å². The molecule has 4 aromatic rings. The lowest BCUT2D eigenvalue weighted by Crippen LogP contribution is -2.26. The van der Waals surface area contributed by atoms with Crippen LogP contribution < -0.4 is 10.1 Å². The Kier molecular flexibility index (Phi) is 10.3. The number of carbonyl (C=O) groups is 4. The molecule has 45 heavy (non-hydrogen) atoms. The van der Waals surface area contributed by atoms with E-state index in [4.69, 9.17) is 9.84 Å². The average Bonchev–Trinajstić information content (AvgIpc) is 3.08. The van der Waals surface area contributed by atoms with Crippen LogP contribution in [0.1, 0.15) is 86.6 Å². The van der Waals surface area contributed by atoms with Crippen LogP contribution in [0.4, 0.5) is 0 Å². The lowest BCUT2D eigenvalue weighted by Gasteiger charge is -2.22. The average molecular weight is 602 g/mol. The highest BCUT2D eigenvalue weighted by atomic mass is 16.5. The largest absolute Gasteiger partial charge is 0.481 e. The molecule has 0 unspecified atom stereocenters. The number of ether oxygens (including phenoxy) is 1. The number of amides is 1. The molecule has 1 fully saturated rings. The summed E-state index contributed by atoms with van der Waals surface area (Å²) < 4.78 is 5.84. The lowest BCUT2D eigenvalue weighted by molar-refractivity contribution is -0.136. The summed E-state index contributed by atoms with van der Waals surface area (Å²) in [7, 11) is 0. The van der Waals surface area contributed by atoms with Gasteiger partial charge in [0, 0.05) is 28.8 Å². The monoisotopic (exact) mass is 601 g/mol. The summed E-state index contributed by atoms with van der Waals surface area (Å²) in [4.78, 5) is 50.5. The number of hydrogen-bond donors (Lipinski definition) is 2. The van der Waals surface area contributed by atoms with Gasteiger partial charge in [-0.25, -0.2) is 0 Å². The predicted octanol–water partition coefficient (Wildman–Crippen LogP) is 7.88. The van der Waals surface area contributed by atoms with Gasteiger partial charge in [0.2, 0.25) is 0 Å². The first kappa shape index (κ1) is 31.1. The van der Waals surface area contributed by atoms with Crippen molar-refractivity contribution < 1.29 is 29.0 Å². The second kappa shape index (κ2) is 14.9. The maximum atomic E-state index is 13.9. The van der Waals surface area contributed by atoms with Crippen molar-refractivity contribution in [2.45, 2.75) is 44.4 Å². The molecular weight excluding hydrogens is 566 g/mol. The molecule has 0 aliphatic heterocycles. The van der Waals surface area contributed by atoms with Gasteiger partial charge in [-0.2, -0.15) is 0 Å². The molecule has 0 radical (unpaired) electrons. The molecule has 1 aliphatic carbocycles. The van der Waals surface area contributed by atoms with Gasteiger partial charge in [-0.15, -0.1) is 0 Å². The fourth-order valence-corrected chi connectivity index (χ4v) is 5.49. The Balaban J connectivity index is 1.39. The van der Waals surface area contributed by atoms with E-state index in [0.29, 0.717) is 39.7 Å². The van der Waals surface area contributed by atoms with Crippen molar-refractivity contribution >= 4 is 29.0 Å². The third-order valence-electron chi connectivity index (χ3n) is 7.97. The summed E-state index contributed by atoms with van der Waals surface area (Å²) >= 11 is 0. The van der Waals surface area contributed by atoms with Crippen molar-refractivity contribution in [1.29, 1.82) is 0 Å². The van der Waals surface area contributed by atoms with Gasteiger partial charge in [-0.3, -0.25) is 19.2 Å². The van der Waals surface area contributed by atoms with Crippen LogP contribution in [0.25, 0.3) is 5.57 Å². The zero-order valence-electron chi connectivity index (χ0n) is 24.9. The van der Waals surface area contributed by atoms with Crippen LogP contribution in [0.5, 0.6) is 11.5 Å². The molecule has 0 heterocycles. The fraction of sp³-hybridized carbons (Fsp3) is 0.211. The summed E-state index contributed by atoms with van der Waals surface area (Å²) in [5, 5.41) is 11.4. The molecule has 7 heteroatoms. The van der Waals surface area contributed by atoms with Crippen LogP contribution in [0.3, 0.4) is 0 Å². The van der Waals surface area contributed by atoms with E-state index in [9.17, 15) is 19.2 Å². The van der Waals surface area contributed by atoms with Gasteiger partial charge < -0.3 is 15.2 Å². The maximum absolute atomic E-state index is 13.9. The molecule has 1 amide bonds. The Bertz CT molecular complexity index is 1670. The van der Waals surface area contributed by atoms with Crippen molar-refractivity contribution in [1.82, 2.24) is 5.32 Å². The first-order valence-electron chi connectivity index (χ1n) is 15.2. The van der Waals surface area contributed by atoms with E-state index in [1.54, 1.807) is 36.4 Å².